The number of rotatable bonds is 9. The van der Waals surface area contributed by atoms with Crippen LogP contribution < -0.4 is 16.0 Å². The summed E-state index contributed by atoms with van der Waals surface area (Å²) in [6.07, 6.45) is 8.41. The molecule has 3 aliphatic heterocycles. The van der Waals surface area contributed by atoms with Gasteiger partial charge in [-0.3, -0.25) is 28.8 Å². The molecule has 3 saturated heterocycles. The van der Waals surface area contributed by atoms with Gasteiger partial charge < -0.3 is 35.4 Å². The van der Waals surface area contributed by atoms with Gasteiger partial charge in [0.25, 0.3) is 0 Å². The molecule has 6 amide bonds. The molecule has 4 aliphatic rings. The van der Waals surface area contributed by atoms with Crippen LogP contribution in [0.4, 0.5) is 4.39 Å². The highest BCUT2D eigenvalue weighted by molar-refractivity contribution is 5.99. The van der Waals surface area contributed by atoms with Gasteiger partial charge in [-0.25, -0.2) is 9.18 Å². The summed E-state index contributed by atoms with van der Waals surface area (Å²) < 4.78 is 19.8. The number of halogens is 1. The smallest absolute Gasteiger partial charge is 0.328 e. The summed E-state index contributed by atoms with van der Waals surface area (Å²) >= 11 is 0. The van der Waals surface area contributed by atoms with E-state index < -0.39 is 89.6 Å². The van der Waals surface area contributed by atoms with Crippen LogP contribution in [0.2, 0.25) is 0 Å². The van der Waals surface area contributed by atoms with Crippen molar-refractivity contribution in [2.75, 3.05) is 26.7 Å². The molecule has 1 aromatic rings. The summed E-state index contributed by atoms with van der Waals surface area (Å²) in [7, 11) is 1.53. The highest BCUT2D eigenvalue weighted by atomic mass is 19.1. The zero-order chi connectivity index (χ0) is 38.3. The van der Waals surface area contributed by atoms with Crippen LogP contribution in [0.1, 0.15) is 83.6 Å². The average molecular weight is 739 g/mol. The van der Waals surface area contributed by atoms with E-state index in [0.717, 1.165) is 12.8 Å². The zero-order valence-corrected chi connectivity index (χ0v) is 30.7. The molecule has 0 unspecified atom stereocenters. The van der Waals surface area contributed by atoms with Gasteiger partial charge in [-0.1, -0.05) is 38.0 Å². The molecule has 15 heteroatoms. The summed E-state index contributed by atoms with van der Waals surface area (Å²) in [6, 6.07) is -0.0610. The third-order valence-electron chi connectivity index (χ3n) is 10.9. The van der Waals surface area contributed by atoms with E-state index in [-0.39, 0.29) is 19.5 Å². The average Bonchev–Trinajstić information content (AvgIpc) is 3.80. The van der Waals surface area contributed by atoms with Crippen molar-refractivity contribution in [3.8, 4) is 0 Å². The number of ether oxygens (including phenoxy) is 1. The fraction of sp³-hybridized carbons (Fsp3) is 0.605. The Balaban J connectivity index is 1.45. The minimum atomic E-state index is -1.48. The Hall–Kier alpha value is -4.82. The van der Waals surface area contributed by atoms with E-state index >= 15 is 0 Å². The van der Waals surface area contributed by atoms with Gasteiger partial charge in [-0.15, -0.1) is 0 Å². The maximum absolute atomic E-state index is 14.4. The van der Waals surface area contributed by atoms with Gasteiger partial charge in [-0.05, 0) is 82.1 Å². The highest BCUT2D eigenvalue weighted by Crippen LogP contribution is 2.39. The zero-order valence-electron chi connectivity index (χ0n) is 30.7. The second-order valence-corrected chi connectivity index (χ2v) is 14.5. The molecule has 53 heavy (non-hydrogen) atoms. The van der Waals surface area contributed by atoms with Gasteiger partial charge in [0.15, 0.2) is 0 Å². The van der Waals surface area contributed by atoms with E-state index in [1.165, 1.54) is 46.0 Å². The lowest BCUT2D eigenvalue weighted by molar-refractivity contribution is -0.161. The molecule has 1 aromatic carbocycles. The van der Waals surface area contributed by atoms with E-state index in [9.17, 15) is 38.0 Å². The number of esters is 1. The standard InChI is InChI=1S/C38H51FN6O8/c1-4-5-6-7-16-31(46)41-27(22-25-12-8-13-26(39)21-25)32(47)42-28-23-53-36(51)30-15-10-20-45(30)33(48)24(2)40-37(52)38(17-11-18-38)43(3)35(50)29-14-9-19-44(29)34(28)49/h7-8,12-13,16,21,24,27-30H,4-6,9-11,14-15,17-20,22-23H2,1-3H3,(H,40,52)(H,41,46)(H,42,47)/b16-7+/t24-,27-,28-,29+,30+/m0/s1. The number of hydrogen-bond donors (Lipinski definition) is 3. The van der Waals surface area contributed by atoms with E-state index in [0.29, 0.717) is 56.9 Å². The number of carbonyl (C=O) groups is 7. The predicted octanol–water partition coefficient (Wildman–Crippen LogP) is 1.51. The van der Waals surface area contributed by atoms with Crippen LogP contribution in [0.15, 0.2) is 36.4 Å². The molecule has 5 rings (SSSR count). The molecule has 0 aromatic heterocycles. The molecule has 3 N–H and O–H groups in total. The van der Waals surface area contributed by atoms with Crippen LogP contribution in [-0.4, -0.2) is 119 Å². The Labute approximate surface area is 309 Å². The summed E-state index contributed by atoms with van der Waals surface area (Å²) in [5, 5.41) is 8.10. The highest BCUT2D eigenvalue weighted by Gasteiger charge is 2.53. The Morgan fingerprint density at radius 2 is 1.72 bits per heavy atom. The minimum Gasteiger partial charge on any atom is -0.461 e. The number of fused-ring (bicyclic) bond motifs is 2. The molecule has 0 radical (unpaired) electrons. The fourth-order valence-corrected chi connectivity index (χ4v) is 7.62. The first-order valence-corrected chi connectivity index (χ1v) is 18.7. The number of likely N-dealkylation sites (N-methyl/N-ethyl adjacent to an activating group) is 1. The largest absolute Gasteiger partial charge is 0.461 e. The quantitative estimate of drug-likeness (QED) is 0.194. The topological polar surface area (TPSA) is 175 Å². The first-order chi connectivity index (χ1) is 25.4. The number of carbonyl (C=O) groups excluding carboxylic acids is 7. The van der Waals surface area contributed by atoms with Crippen LogP contribution in [0.3, 0.4) is 0 Å². The normalized spacial score (nSPS) is 25.8. The minimum absolute atomic E-state index is 0.115. The van der Waals surface area contributed by atoms with Crippen molar-refractivity contribution in [2.45, 2.75) is 120 Å². The van der Waals surface area contributed by atoms with Gasteiger partial charge >= 0.3 is 5.97 Å². The molecular weight excluding hydrogens is 687 g/mol. The van der Waals surface area contributed by atoms with Gasteiger partial charge in [-0.2, -0.15) is 0 Å². The third kappa shape index (κ3) is 8.87. The second-order valence-electron chi connectivity index (χ2n) is 14.5. The van der Waals surface area contributed by atoms with Crippen molar-refractivity contribution in [1.29, 1.82) is 0 Å². The number of nitrogens with one attached hydrogen (secondary N) is 3. The molecule has 4 fully saturated rings. The number of nitrogens with zero attached hydrogens (tertiary/aromatic N) is 3. The lowest BCUT2D eigenvalue weighted by Gasteiger charge is -2.48. The molecule has 5 atom stereocenters. The fourth-order valence-electron chi connectivity index (χ4n) is 7.62. The second kappa shape index (κ2) is 17.3. The Kier molecular flexibility index (Phi) is 12.9. The Bertz CT molecular complexity index is 1610. The van der Waals surface area contributed by atoms with Crippen molar-refractivity contribution >= 4 is 41.4 Å². The number of amides is 6. The van der Waals surface area contributed by atoms with Gasteiger partial charge in [0, 0.05) is 26.6 Å². The van der Waals surface area contributed by atoms with E-state index in [4.69, 9.17) is 4.74 Å². The first kappa shape index (κ1) is 39.4. The van der Waals surface area contributed by atoms with Gasteiger partial charge in [0.05, 0.1) is 0 Å². The molecule has 1 spiro atoms. The molecular formula is C38H51FN6O8. The van der Waals surface area contributed by atoms with E-state index in [1.807, 2.05) is 6.92 Å². The van der Waals surface area contributed by atoms with E-state index in [1.54, 1.807) is 19.1 Å². The Morgan fingerprint density at radius 3 is 2.38 bits per heavy atom. The number of hydrogen-bond acceptors (Lipinski definition) is 8. The predicted molar refractivity (Wildman–Crippen MR) is 190 cm³/mol. The summed E-state index contributed by atoms with van der Waals surface area (Å²) in [6.45, 7) is 3.39. The Morgan fingerprint density at radius 1 is 1.02 bits per heavy atom. The molecule has 288 valence electrons. The van der Waals surface area contributed by atoms with Crippen LogP contribution in [-0.2, 0) is 44.7 Å². The summed E-state index contributed by atoms with van der Waals surface area (Å²) in [5.74, 6) is -4.74. The molecule has 1 aliphatic carbocycles. The van der Waals surface area contributed by atoms with Crippen molar-refractivity contribution in [3.05, 3.63) is 47.8 Å². The summed E-state index contributed by atoms with van der Waals surface area (Å²) in [5.41, 5.74) is -0.789. The van der Waals surface area contributed by atoms with Crippen molar-refractivity contribution < 1.29 is 42.7 Å². The lowest BCUT2D eigenvalue weighted by Crippen LogP contribution is -2.67. The van der Waals surface area contributed by atoms with Crippen molar-refractivity contribution in [3.63, 3.8) is 0 Å². The maximum Gasteiger partial charge on any atom is 0.328 e. The van der Waals surface area contributed by atoms with Crippen LogP contribution >= 0.6 is 0 Å². The molecule has 1 saturated carbocycles. The molecule has 0 bridgehead atoms. The molecule has 14 nitrogen and oxygen atoms in total. The number of cyclic esters (lactones) is 1. The van der Waals surface area contributed by atoms with Gasteiger partial charge in [0.2, 0.25) is 35.4 Å². The van der Waals surface area contributed by atoms with Crippen molar-refractivity contribution in [1.82, 2.24) is 30.7 Å². The number of unbranched alkanes of at least 4 members (excludes halogenated alkanes) is 2. The third-order valence-corrected chi connectivity index (χ3v) is 10.9. The first-order valence-electron chi connectivity index (χ1n) is 18.7. The van der Waals surface area contributed by atoms with Crippen LogP contribution in [0.5, 0.6) is 0 Å². The monoisotopic (exact) mass is 738 g/mol. The van der Waals surface area contributed by atoms with Crippen LogP contribution in [0, 0.1) is 5.82 Å². The van der Waals surface area contributed by atoms with Gasteiger partial charge in [0.1, 0.15) is 48.2 Å². The van der Waals surface area contributed by atoms with Crippen molar-refractivity contribution in [2.24, 2.45) is 0 Å². The maximum atomic E-state index is 14.4. The SMILES string of the molecule is CCCC/C=C/C(=O)N[C@@H](Cc1cccc(F)c1)C(=O)N[C@H]1COC(=O)[C@H]2CCCN2C(=O)[C@H](C)NC(=O)C2(CCC2)N(C)C(=O)[C@H]2CCCN2C1=O. The number of allylic oxidation sites excluding steroid dienone is 1. The number of benzene rings is 1. The lowest BCUT2D eigenvalue weighted by atomic mass is 9.74. The summed E-state index contributed by atoms with van der Waals surface area (Å²) in [4.78, 5) is 100. The van der Waals surface area contributed by atoms with Crippen LogP contribution in [0.25, 0.3) is 0 Å². The van der Waals surface area contributed by atoms with E-state index in [2.05, 4.69) is 16.0 Å². The molecule has 3 heterocycles.